The smallest absolute Gasteiger partial charge is 0.0644 e. The van der Waals surface area contributed by atoms with Gasteiger partial charge in [0.25, 0.3) is 0 Å². The van der Waals surface area contributed by atoms with Gasteiger partial charge in [0.1, 0.15) is 0 Å². The quantitative estimate of drug-likeness (QED) is 0.891. The molecule has 1 aromatic heterocycles. The normalized spacial score (nSPS) is 16.2. The van der Waals surface area contributed by atoms with Crippen molar-refractivity contribution in [1.82, 2.24) is 14.7 Å². The van der Waals surface area contributed by atoms with Crippen molar-refractivity contribution in [2.24, 2.45) is 0 Å². The third-order valence-electron chi connectivity index (χ3n) is 3.42. The largest absolute Gasteiger partial charge is 0.394 e. The summed E-state index contributed by atoms with van der Waals surface area (Å²) >= 11 is 0. The van der Waals surface area contributed by atoms with Crippen LogP contribution in [0.5, 0.6) is 0 Å². The molecule has 4 nitrogen and oxygen atoms in total. The van der Waals surface area contributed by atoms with E-state index in [1.54, 1.807) is 0 Å². The van der Waals surface area contributed by atoms with Crippen LogP contribution >= 0.6 is 12.4 Å². The summed E-state index contributed by atoms with van der Waals surface area (Å²) in [6.07, 6.45) is 2.64. The average molecular weight is 260 g/mol. The molecule has 0 spiro atoms. The molecule has 1 saturated heterocycles. The Balaban J connectivity index is 0.00000144. The average Bonchev–Trinajstić information content (AvgIpc) is 2.84. The van der Waals surface area contributed by atoms with Gasteiger partial charge in [0.2, 0.25) is 0 Å². The van der Waals surface area contributed by atoms with E-state index in [-0.39, 0.29) is 19.0 Å². The van der Waals surface area contributed by atoms with Crippen LogP contribution in [0.25, 0.3) is 0 Å². The van der Waals surface area contributed by atoms with E-state index in [1.165, 1.54) is 37.2 Å². The summed E-state index contributed by atoms with van der Waals surface area (Å²) in [7, 11) is 0. The van der Waals surface area contributed by atoms with Crippen LogP contribution in [0.3, 0.4) is 0 Å². The lowest BCUT2D eigenvalue weighted by Crippen LogP contribution is -2.19. The molecule has 1 aliphatic rings. The van der Waals surface area contributed by atoms with Crippen LogP contribution in [-0.4, -0.2) is 39.5 Å². The molecule has 0 unspecified atom stereocenters. The third-order valence-corrected chi connectivity index (χ3v) is 3.42. The van der Waals surface area contributed by atoms with Crippen LogP contribution in [0.1, 0.15) is 29.8 Å². The Labute approximate surface area is 109 Å². The van der Waals surface area contributed by atoms with Crippen LogP contribution in [0.2, 0.25) is 0 Å². The van der Waals surface area contributed by atoms with Gasteiger partial charge in [-0.05, 0) is 39.8 Å². The standard InChI is InChI=1S/C12H21N3O.ClH/c1-10-12(9-14-5-3-4-6-14)11(2)15(13-10)7-8-16;/h16H,3-9H2,1-2H3;1H. The van der Waals surface area contributed by atoms with Gasteiger partial charge in [-0.1, -0.05) is 0 Å². The molecule has 2 rings (SSSR count). The SMILES string of the molecule is Cc1nn(CCO)c(C)c1CN1CCCC1.Cl. The van der Waals surface area contributed by atoms with Crippen molar-refractivity contribution in [1.29, 1.82) is 0 Å². The Morgan fingerprint density at radius 2 is 1.88 bits per heavy atom. The summed E-state index contributed by atoms with van der Waals surface area (Å²) < 4.78 is 1.92. The molecule has 0 atom stereocenters. The van der Waals surface area contributed by atoms with E-state index >= 15 is 0 Å². The monoisotopic (exact) mass is 259 g/mol. The first-order valence-electron chi connectivity index (χ1n) is 6.08. The van der Waals surface area contributed by atoms with Crippen LogP contribution in [0.15, 0.2) is 0 Å². The number of aliphatic hydroxyl groups is 1. The zero-order chi connectivity index (χ0) is 11.5. The van der Waals surface area contributed by atoms with Crippen LogP contribution in [-0.2, 0) is 13.1 Å². The van der Waals surface area contributed by atoms with E-state index in [4.69, 9.17) is 5.11 Å². The Morgan fingerprint density at radius 1 is 1.24 bits per heavy atom. The number of likely N-dealkylation sites (tertiary alicyclic amines) is 1. The van der Waals surface area contributed by atoms with Gasteiger partial charge in [0.15, 0.2) is 0 Å². The molecule has 0 aliphatic carbocycles. The summed E-state index contributed by atoms with van der Waals surface area (Å²) in [5, 5.41) is 13.4. The fourth-order valence-electron chi connectivity index (χ4n) is 2.44. The lowest BCUT2D eigenvalue weighted by Gasteiger charge is -2.14. The van der Waals surface area contributed by atoms with Crippen molar-refractivity contribution in [3.63, 3.8) is 0 Å². The highest BCUT2D eigenvalue weighted by molar-refractivity contribution is 5.85. The highest BCUT2D eigenvalue weighted by Crippen LogP contribution is 2.18. The van der Waals surface area contributed by atoms with Crippen LogP contribution < -0.4 is 0 Å². The van der Waals surface area contributed by atoms with E-state index in [1.807, 2.05) is 4.68 Å². The van der Waals surface area contributed by atoms with Gasteiger partial charge < -0.3 is 5.11 Å². The summed E-state index contributed by atoms with van der Waals surface area (Å²) in [6.45, 7) is 8.36. The Kier molecular flexibility index (Phi) is 5.43. The van der Waals surface area contributed by atoms with Crippen molar-refractivity contribution in [2.75, 3.05) is 19.7 Å². The topological polar surface area (TPSA) is 41.3 Å². The van der Waals surface area contributed by atoms with Gasteiger partial charge in [-0.15, -0.1) is 12.4 Å². The maximum absolute atomic E-state index is 8.96. The zero-order valence-electron chi connectivity index (χ0n) is 10.6. The molecule has 5 heteroatoms. The molecule has 0 aromatic carbocycles. The first-order valence-corrected chi connectivity index (χ1v) is 6.08. The highest BCUT2D eigenvalue weighted by Gasteiger charge is 2.17. The number of rotatable bonds is 4. The second-order valence-electron chi connectivity index (χ2n) is 4.58. The molecule has 0 saturated carbocycles. The van der Waals surface area contributed by atoms with Crippen molar-refractivity contribution >= 4 is 12.4 Å². The number of hydrogen-bond donors (Lipinski definition) is 1. The molecular formula is C12H22ClN3O. The zero-order valence-corrected chi connectivity index (χ0v) is 11.5. The second-order valence-corrected chi connectivity index (χ2v) is 4.58. The minimum Gasteiger partial charge on any atom is -0.394 e. The van der Waals surface area contributed by atoms with Crippen LogP contribution in [0, 0.1) is 13.8 Å². The molecular weight excluding hydrogens is 238 g/mol. The molecule has 0 bridgehead atoms. The molecule has 1 fully saturated rings. The van der Waals surface area contributed by atoms with Gasteiger partial charge in [-0.25, -0.2) is 0 Å². The molecule has 0 radical (unpaired) electrons. The van der Waals surface area contributed by atoms with Gasteiger partial charge in [0, 0.05) is 17.8 Å². The summed E-state index contributed by atoms with van der Waals surface area (Å²) in [4.78, 5) is 2.49. The van der Waals surface area contributed by atoms with E-state index in [9.17, 15) is 0 Å². The Hall–Kier alpha value is -0.580. The number of nitrogens with zero attached hydrogens (tertiary/aromatic N) is 3. The van der Waals surface area contributed by atoms with Crippen molar-refractivity contribution in [3.8, 4) is 0 Å². The molecule has 1 aliphatic heterocycles. The maximum Gasteiger partial charge on any atom is 0.0644 e. The predicted molar refractivity (Wildman–Crippen MR) is 70.5 cm³/mol. The lowest BCUT2D eigenvalue weighted by molar-refractivity contribution is 0.267. The Morgan fingerprint density at radius 3 is 2.47 bits per heavy atom. The number of aryl methyl sites for hydroxylation is 1. The summed E-state index contributed by atoms with van der Waals surface area (Å²) in [6, 6.07) is 0. The summed E-state index contributed by atoms with van der Waals surface area (Å²) in [5.74, 6) is 0. The van der Waals surface area contributed by atoms with E-state index < -0.39 is 0 Å². The number of halogens is 1. The lowest BCUT2D eigenvalue weighted by atomic mass is 10.2. The Bertz CT molecular complexity index is 359. The van der Waals surface area contributed by atoms with Gasteiger partial charge in [0.05, 0.1) is 18.8 Å². The van der Waals surface area contributed by atoms with Crippen molar-refractivity contribution < 1.29 is 5.11 Å². The van der Waals surface area contributed by atoms with Gasteiger partial charge in [-0.2, -0.15) is 5.10 Å². The minimum absolute atomic E-state index is 0. The molecule has 17 heavy (non-hydrogen) atoms. The van der Waals surface area contributed by atoms with Gasteiger partial charge >= 0.3 is 0 Å². The number of aliphatic hydroxyl groups excluding tert-OH is 1. The number of hydrogen-bond acceptors (Lipinski definition) is 3. The fraction of sp³-hybridized carbons (Fsp3) is 0.750. The van der Waals surface area contributed by atoms with Crippen LogP contribution in [0.4, 0.5) is 0 Å². The third kappa shape index (κ3) is 3.21. The first-order chi connectivity index (χ1) is 7.72. The van der Waals surface area contributed by atoms with E-state index in [0.29, 0.717) is 6.54 Å². The second kappa shape index (κ2) is 6.38. The molecule has 1 aromatic rings. The fourth-order valence-corrected chi connectivity index (χ4v) is 2.44. The molecule has 98 valence electrons. The number of aromatic nitrogens is 2. The van der Waals surface area contributed by atoms with Gasteiger partial charge in [-0.3, -0.25) is 9.58 Å². The highest BCUT2D eigenvalue weighted by atomic mass is 35.5. The first kappa shape index (κ1) is 14.5. The van der Waals surface area contributed by atoms with Crippen molar-refractivity contribution in [3.05, 3.63) is 17.0 Å². The molecule has 0 amide bonds. The summed E-state index contributed by atoms with van der Waals surface area (Å²) in [5.41, 5.74) is 3.66. The van der Waals surface area contributed by atoms with E-state index in [2.05, 4.69) is 23.8 Å². The van der Waals surface area contributed by atoms with Crippen molar-refractivity contribution in [2.45, 2.75) is 39.8 Å². The van der Waals surface area contributed by atoms with E-state index in [0.717, 1.165) is 12.2 Å². The molecule has 2 heterocycles. The minimum atomic E-state index is 0. The molecule has 1 N–H and O–H groups in total. The maximum atomic E-state index is 8.96. The predicted octanol–water partition coefficient (Wildman–Crippen LogP) is 1.51.